The Morgan fingerprint density at radius 1 is 1.69 bits per heavy atom. The Labute approximate surface area is 93.8 Å². The molecule has 0 radical (unpaired) electrons. The lowest BCUT2D eigenvalue weighted by atomic mass is 9.80. The van der Waals surface area contributed by atoms with Crippen LogP contribution in [0, 0.1) is 5.92 Å². The predicted octanol–water partition coefficient (Wildman–Crippen LogP) is -0.0966. The van der Waals surface area contributed by atoms with E-state index in [2.05, 4.69) is 15.0 Å². The second-order valence-corrected chi connectivity index (χ2v) is 4.07. The molecule has 0 atom stereocenters. The summed E-state index contributed by atoms with van der Waals surface area (Å²) >= 11 is 0. The van der Waals surface area contributed by atoms with E-state index in [0.29, 0.717) is 6.54 Å². The Bertz CT molecular complexity index is 371. The van der Waals surface area contributed by atoms with Gasteiger partial charge in [-0.05, 0) is 19.4 Å². The first-order valence-electron chi connectivity index (χ1n) is 5.43. The Balaban J connectivity index is 1.88. The van der Waals surface area contributed by atoms with E-state index < -0.39 is 0 Å². The molecule has 0 aromatic carbocycles. The molecule has 0 aliphatic heterocycles. The summed E-state index contributed by atoms with van der Waals surface area (Å²) < 4.78 is 6.51. The second-order valence-electron chi connectivity index (χ2n) is 4.07. The zero-order valence-corrected chi connectivity index (χ0v) is 9.30. The van der Waals surface area contributed by atoms with Gasteiger partial charge in [0.2, 0.25) is 0 Å². The maximum absolute atomic E-state index is 11.2. The van der Waals surface area contributed by atoms with E-state index in [9.17, 15) is 4.79 Å². The van der Waals surface area contributed by atoms with Gasteiger partial charge in [-0.1, -0.05) is 5.21 Å². The highest BCUT2D eigenvalue weighted by Gasteiger charge is 2.36. The van der Waals surface area contributed by atoms with Crippen LogP contribution in [0.25, 0.3) is 0 Å². The van der Waals surface area contributed by atoms with E-state index in [0.717, 1.165) is 25.0 Å². The van der Waals surface area contributed by atoms with Gasteiger partial charge < -0.3 is 10.5 Å². The van der Waals surface area contributed by atoms with Crippen LogP contribution < -0.4 is 5.73 Å². The Morgan fingerprint density at radius 2 is 2.44 bits per heavy atom. The maximum atomic E-state index is 11.2. The monoisotopic (exact) mass is 224 g/mol. The van der Waals surface area contributed by atoms with Crippen molar-refractivity contribution in [1.82, 2.24) is 15.0 Å². The highest BCUT2D eigenvalue weighted by Crippen LogP contribution is 2.37. The molecular formula is C10H16N4O2. The van der Waals surface area contributed by atoms with Gasteiger partial charge in [-0.3, -0.25) is 4.79 Å². The Morgan fingerprint density at radius 3 is 3.06 bits per heavy atom. The molecule has 2 rings (SSSR count). The molecule has 1 aromatic rings. The van der Waals surface area contributed by atoms with E-state index in [1.807, 2.05) is 10.9 Å². The zero-order valence-electron chi connectivity index (χ0n) is 9.30. The SMILES string of the molecule is COC(=O)C1CC(n2cc(CCN)nn2)C1. The molecule has 16 heavy (non-hydrogen) atoms. The molecule has 0 spiro atoms. The largest absolute Gasteiger partial charge is 0.469 e. The van der Waals surface area contributed by atoms with E-state index in [1.54, 1.807) is 0 Å². The Kier molecular flexibility index (Phi) is 3.19. The van der Waals surface area contributed by atoms with Crippen molar-refractivity contribution >= 4 is 5.97 Å². The van der Waals surface area contributed by atoms with Crippen LogP contribution >= 0.6 is 0 Å². The molecule has 6 heteroatoms. The summed E-state index contributed by atoms with van der Waals surface area (Å²) in [7, 11) is 1.42. The van der Waals surface area contributed by atoms with Crippen molar-refractivity contribution in [2.24, 2.45) is 11.7 Å². The molecule has 1 saturated carbocycles. The van der Waals surface area contributed by atoms with Gasteiger partial charge in [0, 0.05) is 12.6 Å². The normalized spacial score (nSPS) is 23.9. The lowest BCUT2D eigenvalue weighted by molar-refractivity contribution is -0.149. The molecule has 88 valence electrons. The lowest BCUT2D eigenvalue weighted by Gasteiger charge is -2.32. The third-order valence-corrected chi connectivity index (χ3v) is 2.98. The lowest BCUT2D eigenvalue weighted by Crippen LogP contribution is -2.33. The Hall–Kier alpha value is -1.43. The number of hydrogen-bond donors (Lipinski definition) is 1. The van der Waals surface area contributed by atoms with Crippen LogP contribution in [0.1, 0.15) is 24.6 Å². The molecule has 1 aliphatic rings. The van der Waals surface area contributed by atoms with Crippen LogP contribution in [-0.4, -0.2) is 34.6 Å². The molecule has 0 saturated heterocycles. The summed E-state index contributed by atoms with van der Waals surface area (Å²) in [5, 5.41) is 8.05. The van der Waals surface area contributed by atoms with Crippen molar-refractivity contribution in [3.05, 3.63) is 11.9 Å². The quantitative estimate of drug-likeness (QED) is 0.722. The number of carbonyl (C=O) groups excluding carboxylic acids is 1. The molecule has 1 aliphatic carbocycles. The summed E-state index contributed by atoms with van der Waals surface area (Å²) in [6, 6.07) is 0.281. The third-order valence-electron chi connectivity index (χ3n) is 2.98. The molecule has 0 bridgehead atoms. The number of rotatable bonds is 4. The first kappa shape index (κ1) is 11.1. The van der Waals surface area contributed by atoms with Crippen molar-refractivity contribution in [2.45, 2.75) is 25.3 Å². The first-order valence-corrected chi connectivity index (χ1v) is 5.43. The van der Waals surface area contributed by atoms with E-state index in [-0.39, 0.29) is 17.9 Å². The van der Waals surface area contributed by atoms with Gasteiger partial charge in [0.15, 0.2) is 0 Å². The van der Waals surface area contributed by atoms with Crippen molar-refractivity contribution in [3.8, 4) is 0 Å². The first-order chi connectivity index (χ1) is 7.74. The van der Waals surface area contributed by atoms with Gasteiger partial charge in [-0.15, -0.1) is 5.10 Å². The minimum atomic E-state index is -0.126. The predicted molar refractivity (Wildman–Crippen MR) is 56.6 cm³/mol. The van der Waals surface area contributed by atoms with E-state index in [4.69, 9.17) is 5.73 Å². The zero-order chi connectivity index (χ0) is 11.5. The van der Waals surface area contributed by atoms with Gasteiger partial charge in [0.1, 0.15) is 0 Å². The number of methoxy groups -OCH3 is 1. The number of nitrogens with two attached hydrogens (primary N) is 1. The summed E-state index contributed by atoms with van der Waals surface area (Å²) in [5.74, 6) is -0.101. The second kappa shape index (κ2) is 4.61. The smallest absolute Gasteiger partial charge is 0.308 e. The van der Waals surface area contributed by atoms with Crippen molar-refractivity contribution in [3.63, 3.8) is 0 Å². The summed E-state index contributed by atoms with van der Waals surface area (Å²) in [5.41, 5.74) is 6.34. The van der Waals surface area contributed by atoms with E-state index in [1.165, 1.54) is 7.11 Å². The standard InChI is InChI=1S/C10H16N4O2/c1-16-10(15)7-4-9(5-7)14-6-8(2-3-11)12-13-14/h6-7,9H,2-5,11H2,1H3. The van der Waals surface area contributed by atoms with Crippen LogP contribution in [0.3, 0.4) is 0 Å². The molecule has 0 unspecified atom stereocenters. The average Bonchev–Trinajstić information content (AvgIpc) is 2.64. The van der Waals surface area contributed by atoms with Crippen molar-refractivity contribution in [2.75, 3.05) is 13.7 Å². The fourth-order valence-corrected chi connectivity index (χ4v) is 1.92. The van der Waals surface area contributed by atoms with Crippen molar-refractivity contribution in [1.29, 1.82) is 0 Å². The van der Waals surface area contributed by atoms with Gasteiger partial charge in [-0.2, -0.15) is 0 Å². The fourth-order valence-electron chi connectivity index (χ4n) is 1.92. The van der Waals surface area contributed by atoms with Crippen LogP contribution in [0.5, 0.6) is 0 Å². The van der Waals surface area contributed by atoms with Crippen molar-refractivity contribution < 1.29 is 9.53 Å². The number of hydrogen-bond acceptors (Lipinski definition) is 5. The highest BCUT2D eigenvalue weighted by molar-refractivity contribution is 5.73. The van der Waals surface area contributed by atoms with Gasteiger partial charge >= 0.3 is 5.97 Å². The van der Waals surface area contributed by atoms with Crippen LogP contribution in [0.15, 0.2) is 6.20 Å². The van der Waals surface area contributed by atoms with Crippen LogP contribution in [-0.2, 0) is 16.0 Å². The molecule has 1 heterocycles. The molecule has 6 nitrogen and oxygen atoms in total. The fraction of sp³-hybridized carbons (Fsp3) is 0.700. The molecule has 2 N–H and O–H groups in total. The minimum absolute atomic E-state index is 0.0251. The number of nitrogens with zero attached hydrogens (tertiary/aromatic N) is 3. The molecule has 1 fully saturated rings. The number of esters is 1. The van der Waals surface area contributed by atoms with E-state index >= 15 is 0 Å². The number of carbonyl (C=O) groups is 1. The summed E-state index contributed by atoms with van der Waals surface area (Å²) in [6.45, 7) is 0.578. The summed E-state index contributed by atoms with van der Waals surface area (Å²) in [6.07, 6.45) is 4.23. The maximum Gasteiger partial charge on any atom is 0.308 e. The average molecular weight is 224 g/mol. The van der Waals surface area contributed by atoms with Crippen LogP contribution in [0.4, 0.5) is 0 Å². The van der Waals surface area contributed by atoms with Crippen LogP contribution in [0.2, 0.25) is 0 Å². The van der Waals surface area contributed by atoms with Gasteiger partial charge in [0.25, 0.3) is 0 Å². The van der Waals surface area contributed by atoms with Gasteiger partial charge in [-0.25, -0.2) is 4.68 Å². The third kappa shape index (κ3) is 2.06. The molecule has 1 aromatic heterocycles. The minimum Gasteiger partial charge on any atom is -0.469 e. The molecular weight excluding hydrogens is 208 g/mol. The highest BCUT2D eigenvalue weighted by atomic mass is 16.5. The number of aromatic nitrogens is 3. The number of ether oxygens (including phenoxy) is 1. The summed E-state index contributed by atoms with van der Waals surface area (Å²) in [4.78, 5) is 11.2. The van der Waals surface area contributed by atoms with Gasteiger partial charge in [0.05, 0.1) is 24.8 Å². The topological polar surface area (TPSA) is 83.0 Å². The molecule has 0 amide bonds.